The molecule has 7 heteroatoms. The second-order valence-electron chi connectivity index (χ2n) is 25.1. The first-order chi connectivity index (χ1) is 45.7. The maximum Gasteiger partial charge on any atom is 0.187 e. The molecule has 0 fully saturated rings. The van der Waals surface area contributed by atoms with E-state index in [0.717, 1.165) is 24.5 Å². The summed E-state index contributed by atoms with van der Waals surface area (Å²) in [4.78, 5) is 7.02. The standard InChI is InChI=1S/C26H29OS.C21H19OS.C18H19S.C14H11S.C8H11S/c1-4-5-6-11-16-27-26-19(2)17-21(18-20(26)3)28-24-14-9-7-12-22(24)23-13-8-10-15-25(23)28;1-14-12-16(13-15(2)21(14)22-3)23-19-10-6-4-8-17(19)18-9-5-7-11-20(18)23;1-18(2,3)15-8-10-16(11-9-15)19-13-12-14-6-4-5-7-17(14)19;1-2-7-13(8-3-1)15-11-10-12-6-4-5-9-14(12)15;1-9(2)8-6-4-3-5-7-8/h7-10,12-15,17-18H,4-6,11,16H2,1-3H3;4-13H,1-3H3;4-13H,1-3H3;1-11H;3-7H,1-2H3/q5*+1. The van der Waals surface area contributed by atoms with Gasteiger partial charge in [0.15, 0.2) is 52.7 Å². The summed E-state index contributed by atoms with van der Waals surface area (Å²) in [5, 5.41) is 12.9. The van der Waals surface area contributed by atoms with Crippen LogP contribution in [0.1, 0.15) is 81.2 Å². The Morgan fingerprint density at radius 3 is 1.11 bits per heavy atom. The maximum atomic E-state index is 6.17. The number of hydrogen-bond acceptors (Lipinski definition) is 2. The zero-order valence-electron chi connectivity index (χ0n) is 56.5. The van der Waals surface area contributed by atoms with Crippen LogP contribution in [0.15, 0.2) is 283 Å². The summed E-state index contributed by atoms with van der Waals surface area (Å²) >= 11 is 0. The van der Waals surface area contributed by atoms with Crippen molar-refractivity contribution in [1.29, 1.82) is 0 Å². The number of methoxy groups -OCH3 is 1. The monoisotopic (exact) mass is 1330 g/mol. The molecule has 0 saturated heterocycles. The fraction of sp³-hybridized carbons (Fsp3) is 0.195. The summed E-state index contributed by atoms with van der Waals surface area (Å²) in [7, 11) is 2.38. The summed E-state index contributed by atoms with van der Waals surface area (Å²) in [6.45, 7) is 18.5. The average molecular weight is 1330 g/mol. The summed E-state index contributed by atoms with van der Waals surface area (Å²) in [5.41, 5.74) is 6.54. The van der Waals surface area contributed by atoms with Crippen LogP contribution in [0.5, 0.6) is 11.5 Å². The molecule has 0 aliphatic heterocycles. The van der Waals surface area contributed by atoms with E-state index in [1.807, 2.05) is 0 Å². The lowest BCUT2D eigenvalue weighted by atomic mass is 9.87. The zero-order chi connectivity index (χ0) is 65.7. The molecule has 4 heterocycles. The van der Waals surface area contributed by atoms with Gasteiger partial charge >= 0.3 is 0 Å². The summed E-state index contributed by atoms with van der Waals surface area (Å²) in [6, 6.07) is 96.7. The van der Waals surface area contributed by atoms with E-state index in [1.54, 1.807) is 7.11 Å². The Morgan fingerprint density at radius 2 is 0.723 bits per heavy atom. The maximum absolute atomic E-state index is 6.17. The topological polar surface area (TPSA) is 18.5 Å². The highest BCUT2D eigenvalue weighted by Crippen LogP contribution is 2.51. The van der Waals surface area contributed by atoms with Crippen LogP contribution in [0.3, 0.4) is 0 Å². The highest BCUT2D eigenvalue weighted by molar-refractivity contribution is 7.95. The van der Waals surface area contributed by atoms with Crippen molar-refractivity contribution in [2.24, 2.45) is 0 Å². The van der Waals surface area contributed by atoms with Crippen molar-refractivity contribution >= 4 is 113 Å². The number of rotatable bonds is 12. The minimum Gasteiger partial charge on any atom is -0.496 e. The van der Waals surface area contributed by atoms with Crippen molar-refractivity contribution < 1.29 is 9.47 Å². The molecule has 0 spiro atoms. The second-order valence-corrected chi connectivity index (χ2v) is 34.8. The summed E-state index contributed by atoms with van der Waals surface area (Å²) < 4.78 is 20.3. The van der Waals surface area contributed by atoms with Crippen molar-refractivity contribution in [3.63, 3.8) is 0 Å². The van der Waals surface area contributed by atoms with Gasteiger partial charge in [-0.1, -0.05) is 168 Å². The number of fused-ring (bicyclic) bond motifs is 8. The predicted molar refractivity (Wildman–Crippen MR) is 424 cm³/mol. The Hall–Kier alpha value is -8.27. The molecule has 11 aromatic carbocycles. The Morgan fingerprint density at radius 1 is 0.362 bits per heavy atom. The third kappa shape index (κ3) is 15.4. The zero-order valence-corrected chi connectivity index (χ0v) is 60.5. The summed E-state index contributed by atoms with van der Waals surface area (Å²) in [5.74, 6) is 2.07. The molecule has 0 N–H and O–H groups in total. The molecular weight excluding hydrogens is 1240 g/mol. The smallest absolute Gasteiger partial charge is 0.187 e. The number of unbranched alkanes of at least 4 members (excludes halogenated alkanes) is 3. The largest absolute Gasteiger partial charge is 0.496 e. The Labute approximate surface area is 572 Å². The predicted octanol–water partition coefficient (Wildman–Crippen LogP) is 27.0. The molecule has 2 atom stereocenters. The van der Waals surface area contributed by atoms with Gasteiger partial charge in [-0.2, -0.15) is 0 Å². The minimum absolute atomic E-state index is 0.0269. The molecule has 2 unspecified atom stereocenters. The van der Waals surface area contributed by atoms with Crippen LogP contribution in [0, 0.1) is 27.7 Å². The van der Waals surface area contributed by atoms with Gasteiger partial charge in [0, 0.05) is 121 Å². The van der Waals surface area contributed by atoms with Gasteiger partial charge in [-0.3, -0.25) is 0 Å². The lowest BCUT2D eigenvalue weighted by Gasteiger charge is -2.18. The molecule has 0 radical (unpaired) electrons. The van der Waals surface area contributed by atoms with Crippen LogP contribution >= 0.6 is 41.9 Å². The lowest BCUT2D eigenvalue weighted by molar-refractivity contribution is 0.301. The molecule has 2 nitrogen and oxygen atoms in total. The summed E-state index contributed by atoms with van der Waals surface area (Å²) in [6.07, 6.45) is 9.41. The van der Waals surface area contributed by atoms with Crippen LogP contribution in [0.2, 0.25) is 0 Å². The Kier molecular flexibility index (Phi) is 22.4. The molecule has 0 amide bonds. The third-order valence-corrected chi connectivity index (χ3v) is 26.9. The van der Waals surface area contributed by atoms with E-state index in [1.165, 1.54) is 132 Å². The van der Waals surface area contributed by atoms with E-state index in [-0.39, 0.29) is 47.3 Å². The van der Waals surface area contributed by atoms with E-state index in [4.69, 9.17) is 9.47 Å². The van der Waals surface area contributed by atoms with Crippen molar-refractivity contribution in [3.05, 3.63) is 305 Å². The molecule has 0 saturated carbocycles. The fourth-order valence-corrected chi connectivity index (χ4v) is 22.0. The average Bonchev–Trinajstić information content (AvgIpc) is 1.61. The van der Waals surface area contributed by atoms with Gasteiger partial charge in [0.25, 0.3) is 0 Å². The number of hydrogen-bond donors (Lipinski definition) is 0. The van der Waals surface area contributed by atoms with E-state index in [9.17, 15) is 0 Å². The van der Waals surface area contributed by atoms with Gasteiger partial charge in [0.05, 0.1) is 13.7 Å². The van der Waals surface area contributed by atoms with Crippen molar-refractivity contribution in [2.75, 3.05) is 26.2 Å². The van der Waals surface area contributed by atoms with Crippen LogP contribution < -0.4 is 9.47 Å². The van der Waals surface area contributed by atoms with Crippen LogP contribution in [0.4, 0.5) is 0 Å². The van der Waals surface area contributed by atoms with E-state index in [0.29, 0.717) is 10.9 Å². The van der Waals surface area contributed by atoms with Gasteiger partial charge in [0.2, 0.25) is 0 Å². The second kappa shape index (κ2) is 31.3. The van der Waals surface area contributed by atoms with E-state index in [2.05, 4.69) is 346 Å². The van der Waals surface area contributed by atoms with Gasteiger partial charge in [-0.05, 0) is 177 Å². The molecule has 4 aromatic heterocycles. The molecule has 94 heavy (non-hydrogen) atoms. The molecule has 15 rings (SSSR count). The fourth-order valence-electron chi connectivity index (χ4n) is 12.4. The number of ether oxygens (including phenoxy) is 2. The number of thiophene rings is 4. The van der Waals surface area contributed by atoms with Crippen LogP contribution in [0.25, 0.3) is 80.1 Å². The molecule has 15 aromatic rings. The number of aryl methyl sites for hydroxylation is 4. The Balaban J connectivity index is 0.000000125. The van der Waals surface area contributed by atoms with Crippen molar-refractivity contribution in [3.8, 4) is 31.1 Å². The van der Waals surface area contributed by atoms with Gasteiger partial charge < -0.3 is 9.47 Å². The highest BCUT2D eigenvalue weighted by Gasteiger charge is 2.27. The van der Waals surface area contributed by atoms with E-state index < -0.39 is 0 Å². The first-order valence-corrected chi connectivity index (χ1v) is 39.8. The van der Waals surface area contributed by atoms with Crippen LogP contribution in [-0.2, 0) is 16.3 Å². The normalized spacial score (nSPS) is 11.6. The molecule has 0 aliphatic carbocycles. The van der Waals surface area contributed by atoms with Crippen molar-refractivity contribution in [1.82, 2.24) is 0 Å². The van der Waals surface area contributed by atoms with Gasteiger partial charge in [-0.15, -0.1) is 0 Å². The third-order valence-electron chi connectivity index (χ3n) is 17.1. The van der Waals surface area contributed by atoms with Gasteiger partial charge in [-0.25, -0.2) is 0 Å². The first-order valence-electron chi connectivity index (χ1n) is 32.8. The first kappa shape index (κ1) is 67.2. The van der Waals surface area contributed by atoms with Crippen molar-refractivity contribution in [2.45, 2.75) is 91.4 Å². The lowest BCUT2D eigenvalue weighted by Crippen LogP contribution is -2.10. The highest BCUT2D eigenvalue weighted by atomic mass is 32.2. The van der Waals surface area contributed by atoms with E-state index >= 15 is 0 Å². The van der Waals surface area contributed by atoms with Gasteiger partial charge in [0.1, 0.15) is 34.8 Å². The molecule has 474 valence electrons. The molecule has 0 aliphatic rings. The van der Waals surface area contributed by atoms with Crippen LogP contribution in [-0.4, -0.2) is 26.2 Å². The molecule has 0 bridgehead atoms. The SMILES string of the molecule is CC(C)(C)c1ccc(-[s+]2ccc3ccccc32)cc1.CCCCCCOc1c(C)cc(-[s+]2c3ccccc3c3ccccc32)cc1C.COc1c(C)cc(-[s+]2c3ccccc3c3ccccc32)cc1C.C[S+](C)c1ccccc1.c1ccc(-[s+]2ccc3ccccc32)cc1. The quantitative estimate of drug-likeness (QED) is 0.0897. The Bertz CT molecular complexity index is 4810. The molecular formula is C87H89O2S5+5. The number of benzene rings is 11. The minimum atomic E-state index is -0.0350.